The van der Waals surface area contributed by atoms with Gasteiger partial charge in [0.05, 0.1) is 4.92 Å². The Morgan fingerprint density at radius 3 is 2.13 bits per heavy atom. The van der Waals surface area contributed by atoms with Crippen LogP contribution in [0.4, 0.5) is 0 Å². The number of unbranched alkanes of at least 4 members (excludes halogenated alkanes) is 8. The fraction of sp³-hybridized carbons (Fsp3) is 0.692. The van der Waals surface area contributed by atoms with Gasteiger partial charge in [-0.1, -0.05) is 44.9 Å². The molecule has 0 saturated heterocycles. The fourth-order valence-corrected chi connectivity index (χ4v) is 4.63. The highest BCUT2D eigenvalue weighted by Gasteiger charge is 2.34. The second-order valence-electron chi connectivity index (χ2n) is 9.59. The van der Waals surface area contributed by atoms with Crippen LogP contribution in [-0.4, -0.2) is 15.6 Å². The molecule has 31 heavy (non-hydrogen) atoms. The van der Waals surface area contributed by atoms with Crippen LogP contribution in [0.15, 0.2) is 12.3 Å². The normalized spacial score (nSPS) is 17.8. The van der Waals surface area contributed by atoms with Gasteiger partial charge in [-0.25, -0.2) is 0 Å². The number of fused-ring (bicyclic) bond motifs is 1. The highest BCUT2D eigenvalue weighted by molar-refractivity contribution is 5.58. The van der Waals surface area contributed by atoms with E-state index in [2.05, 4.69) is 20.4 Å². The summed E-state index contributed by atoms with van der Waals surface area (Å²) in [4.78, 5) is 10.1. The molecule has 1 N–H and O–H groups in total. The van der Waals surface area contributed by atoms with Crippen molar-refractivity contribution in [1.82, 2.24) is 0 Å². The summed E-state index contributed by atoms with van der Waals surface area (Å²) in [5, 5.41) is 20.8. The van der Waals surface area contributed by atoms with E-state index in [1.165, 1.54) is 44.1 Å². The van der Waals surface area contributed by atoms with Crippen molar-refractivity contribution in [3.63, 3.8) is 0 Å². The molecule has 0 saturated carbocycles. The van der Waals surface area contributed by atoms with E-state index in [4.69, 9.17) is 4.74 Å². The zero-order valence-electron chi connectivity index (χ0n) is 20.0. The molecule has 0 fully saturated rings. The lowest BCUT2D eigenvalue weighted by Gasteiger charge is -2.38. The lowest BCUT2D eigenvalue weighted by molar-refractivity contribution is -0.427. The van der Waals surface area contributed by atoms with Gasteiger partial charge in [-0.3, -0.25) is 10.1 Å². The Hall–Kier alpha value is -2.04. The Labute approximate surface area is 188 Å². The van der Waals surface area contributed by atoms with Crippen LogP contribution in [0.2, 0.25) is 0 Å². The van der Waals surface area contributed by atoms with Crippen molar-refractivity contribution in [2.24, 2.45) is 0 Å². The highest BCUT2D eigenvalue weighted by atomic mass is 16.6. The van der Waals surface area contributed by atoms with E-state index in [0.717, 1.165) is 61.0 Å². The molecule has 2 rings (SSSR count). The van der Waals surface area contributed by atoms with Crippen LogP contribution in [0.1, 0.15) is 106 Å². The third-order valence-electron chi connectivity index (χ3n) is 7.02. The van der Waals surface area contributed by atoms with E-state index in [-0.39, 0.29) is 16.2 Å². The van der Waals surface area contributed by atoms with Gasteiger partial charge in [-0.15, -0.1) is 0 Å². The minimum Gasteiger partial charge on any atom is -0.507 e. The number of nitrogens with zero attached hydrogens (tertiary/aromatic N) is 1. The van der Waals surface area contributed by atoms with Gasteiger partial charge < -0.3 is 9.84 Å². The standard InChI is InChI=1S/C26H41NO4/c1-19(27(29)30)15-13-11-9-7-6-8-10-12-14-17-26(5)18-16-23-22(4)24(28)20(2)21(3)25(23)31-26/h28H,1,6-18H2,2-5H3. The molecule has 1 aromatic rings. The van der Waals surface area contributed by atoms with Crippen molar-refractivity contribution in [2.45, 2.75) is 117 Å². The molecule has 1 aliphatic heterocycles. The van der Waals surface area contributed by atoms with Crippen LogP contribution in [0.5, 0.6) is 11.5 Å². The Balaban J connectivity index is 1.61. The first-order valence-electron chi connectivity index (χ1n) is 12.0. The largest absolute Gasteiger partial charge is 0.507 e. The fourth-order valence-electron chi connectivity index (χ4n) is 4.63. The number of benzene rings is 1. The third-order valence-corrected chi connectivity index (χ3v) is 7.02. The molecule has 0 amide bonds. The predicted molar refractivity (Wildman–Crippen MR) is 127 cm³/mol. The van der Waals surface area contributed by atoms with Crippen LogP contribution in [0.25, 0.3) is 0 Å². The second-order valence-corrected chi connectivity index (χ2v) is 9.59. The van der Waals surface area contributed by atoms with Gasteiger partial charge in [0.15, 0.2) is 0 Å². The highest BCUT2D eigenvalue weighted by Crippen LogP contribution is 2.44. The number of aromatic hydroxyl groups is 1. The van der Waals surface area contributed by atoms with Crippen molar-refractivity contribution in [3.05, 3.63) is 44.6 Å². The number of allylic oxidation sites excluding steroid dienone is 1. The molecule has 0 aromatic heterocycles. The van der Waals surface area contributed by atoms with Gasteiger partial charge in [0.25, 0.3) is 0 Å². The molecule has 1 aromatic carbocycles. The summed E-state index contributed by atoms with van der Waals surface area (Å²) in [7, 11) is 0. The first-order valence-corrected chi connectivity index (χ1v) is 12.0. The third kappa shape index (κ3) is 6.98. The number of rotatable bonds is 13. The van der Waals surface area contributed by atoms with Crippen LogP contribution in [-0.2, 0) is 6.42 Å². The van der Waals surface area contributed by atoms with Crippen LogP contribution in [0.3, 0.4) is 0 Å². The molecule has 0 radical (unpaired) electrons. The molecular weight excluding hydrogens is 390 g/mol. The number of hydrogen-bond donors (Lipinski definition) is 1. The summed E-state index contributed by atoms with van der Waals surface area (Å²) in [5.41, 5.74) is 4.19. The van der Waals surface area contributed by atoms with E-state index in [9.17, 15) is 15.2 Å². The van der Waals surface area contributed by atoms with Gasteiger partial charge in [0, 0.05) is 12.0 Å². The summed E-state index contributed by atoms with van der Waals surface area (Å²) in [6, 6.07) is 0. The average Bonchev–Trinajstić information content (AvgIpc) is 2.74. The van der Waals surface area contributed by atoms with Crippen LogP contribution >= 0.6 is 0 Å². The van der Waals surface area contributed by atoms with Crippen LogP contribution < -0.4 is 4.74 Å². The molecule has 5 nitrogen and oxygen atoms in total. The average molecular weight is 432 g/mol. The molecule has 5 heteroatoms. The van der Waals surface area contributed by atoms with Gasteiger partial charge in [-0.05, 0) is 83.1 Å². The van der Waals surface area contributed by atoms with Crippen LogP contribution in [0, 0.1) is 30.9 Å². The molecule has 1 unspecified atom stereocenters. The monoisotopic (exact) mass is 431 g/mol. The van der Waals surface area contributed by atoms with Crippen molar-refractivity contribution in [3.8, 4) is 11.5 Å². The molecule has 0 bridgehead atoms. The maximum absolute atomic E-state index is 10.5. The molecule has 1 heterocycles. The topological polar surface area (TPSA) is 72.6 Å². The van der Waals surface area contributed by atoms with Crippen molar-refractivity contribution < 1.29 is 14.8 Å². The molecular formula is C26H41NO4. The number of nitro groups is 1. The number of phenols is 1. The molecule has 174 valence electrons. The first-order chi connectivity index (χ1) is 14.7. The number of hydrogen-bond acceptors (Lipinski definition) is 4. The molecule has 1 atom stereocenters. The van der Waals surface area contributed by atoms with Gasteiger partial charge in [0.2, 0.25) is 5.70 Å². The van der Waals surface area contributed by atoms with Gasteiger partial charge >= 0.3 is 0 Å². The lowest BCUT2D eigenvalue weighted by atomic mass is 9.84. The summed E-state index contributed by atoms with van der Waals surface area (Å²) in [5.74, 6) is 1.42. The SMILES string of the molecule is C=C(CCCCCCCCCCCC1(C)CCc2c(C)c(O)c(C)c(C)c2O1)[N+](=O)[O-]. The zero-order valence-corrected chi connectivity index (χ0v) is 20.0. The Bertz CT molecular complexity index is 786. The van der Waals surface area contributed by atoms with Crippen molar-refractivity contribution >= 4 is 0 Å². The van der Waals surface area contributed by atoms with E-state index in [0.29, 0.717) is 12.2 Å². The Morgan fingerprint density at radius 1 is 1.00 bits per heavy atom. The lowest BCUT2D eigenvalue weighted by Crippen LogP contribution is -2.37. The van der Waals surface area contributed by atoms with Crippen molar-refractivity contribution in [1.29, 1.82) is 0 Å². The molecule has 0 spiro atoms. The van der Waals surface area contributed by atoms with E-state index < -0.39 is 0 Å². The summed E-state index contributed by atoms with van der Waals surface area (Å²) < 4.78 is 6.52. The minimum absolute atomic E-state index is 0.110. The zero-order chi connectivity index (χ0) is 23.0. The van der Waals surface area contributed by atoms with Crippen molar-refractivity contribution in [2.75, 3.05) is 0 Å². The molecule has 0 aliphatic carbocycles. The molecule has 1 aliphatic rings. The number of phenolic OH excluding ortho intramolecular Hbond substituents is 1. The summed E-state index contributed by atoms with van der Waals surface area (Å²) in [6.45, 7) is 11.7. The van der Waals surface area contributed by atoms with Gasteiger partial charge in [-0.2, -0.15) is 0 Å². The van der Waals surface area contributed by atoms with E-state index >= 15 is 0 Å². The second kappa shape index (κ2) is 11.5. The predicted octanol–water partition coefficient (Wildman–Crippen LogP) is 7.48. The van der Waals surface area contributed by atoms with E-state index in [1.54, 1.807) is 0 Å². The van der Waals surface area contributed by atoms with Gasteiger partial charge in [0.1, 0.15) is 17.1 Å². The maximum atomic E-state index is 10.5. The maximum Gasteiger partial charge on any atom is 0.239 e. The Morgan fingerprint density at radius 2 is 1.55 bits per heavy atom. The first kappa shape index (κ1) is 25.2. The van der Waals surface area contributed by atoms with E-state index in [1.807, 2.05) is 13.8 Å². The summed E-state index contributed by atoms with van der Waals surface area (Å²) >= 11 is 0. The number of ether oxygens (including phenoxy) is 1. The minimum atomic E-state index is -0.369. The summed E-state index contributed by atoms with van der Waals surface area (Å²) in [6.07, 6.45) is 14.1. The Kier molecular flexibility index (Phi) is 9.39. The quantitative estimate of drug-likeness (QED) is 0.199. The smallest absolute Gasteiger partial charge is 0.239 e.